The summed E-state index contributed by atoms with van der Waals surface area (Å²) in [4.78, 5) is 3.97. The lowest BCUT2D eigenvalue weighted by Crippen LogP contribution is -2.11. The topological polar surface area (TPSA) is 84.4 Å². The minimum atomic E-state index is 0.243. The number of hydrogen-bond donors (Lipinski definition) is 2. The molecule has 0 spiro atoms. The zero-order valence-corrected chi connectivity index (χ0v) is 7.81. The van der Waals surface area contributed by atoms with E-state index in [4.69, 9.17) is 10.9 Å². The molecule has 0 radical (unpaired) electrons. The van der Waals surface area contributed by atoms with Crippen molar-refractivity contribution in [2.75, 3.05) is 5.75 Å². The van der Waals surface area contributed by atoms with Gasteiger partial charge >= 0.3 is 0 Å². The van der Waals surface area contributed by atoms with Gasteiger partial charge in [0.15, 0.2) is 4.34 Å². The third-order valence-corrected chi connectivity index (χ3v) is 2.85. The molecule has 0 saturated carbocycles. The second-order valence-electron chi connectivity index (χ2n) is 1.90. The van der Waals surface area contributed by atoms with Crippen LogP contribution in [0, 0.1) is 0 Å². The van der Waals surface area contributed by atoms with Gasteiger partial charge in [-0.05, 0) is 11.5 Å². The number of hydrogen-bond acceptors (Lipinski definition) is 6. The van der Waals surface area contributed by atoms with Crippen LogP contribution < -0.4 is 5.73 Å². The van der Waals surface area contributed by atoms with E-state index in [1.54, 1.807) is 11.8 Å². The molecule has 0 aliphatic heterocycles. The fraction of sp³-hybridized carbons (Fsp3) is 0.400. The molecule has 0 bridgehead atoms. The van der Waals surface area contributed by atoms with Gasteiger partial charge in [0.1, 0.15) is 12.2 Å². The van der Waals surface area contributed by atoms with Crippen molar-refractivity contribution >= 4 is 29.1 Å². The molecule has 0 fully saturated rings. The Kier molecular flexibility index (Phi) is 3.81. The Morgan fingerprint density at radius 2 is 2.67 bits per heavy atom. The quantitative estimate of drug-likeness (QED) is 0.249. The highest BCUT2D eigenvalue weighted by Gasteiger charge is 1.98. The summed E-state index contributed by atoms with van der Waals surface area (Å²) >= 11 is 2.88. The van der Waals surface area contributed by atoms with Crippen molar-refractivity contribution in [3.05, 3.63) is 6.33 Å². The van der Waals surface area contributed by atoms with E-state index in [0.29, 0.717) is 6.42 Å². The van der Waals surface area contributed by atoms with Crippen molar-refractivity contribution < 1.29 is 5.21 Å². The zero-order valence-electron chi connectivity index (χ0n) is 6.17. The van der Waals surface area contributed by atoms with E-state index in [1.807, 2.05) is 0 Å². The normalized spacial score (nSPS) is 11.8. The first-order valence-corrected chi connectivity index (χ1v) is 4.94. The van der Waals surface area contributed by atoms with E-state index >= 15 is 0 Å². The van der Waals surface area contributed by atoms with Crippen molar-refractivity contribution in [1.29, 1.82) is 0 Å². The van der Waals surface area contributed by atoms with Crippen molar-refractivity contribution in [2.24, 2.45) is 10.9 Å². The van der Waals surface area contributed by atoms with Crippen LogP contribution in [-0.2, 0) is 0 Å². The Morgan fingerprint density at radius 1 is 1.83 bits per heavy atom. The molecule has 0 aromatic carbocycles. The summed E-state index contributed by atoms with van der Waals surface area (Å²) in [6, 6.07) is 0. The molecule has 1 aromatic heterocycles. The minimum absolute atomic E-state index is 0.243. The van der Waals surface area contributed by atoms with Crippen LogP contribution in [0.15, 0.2) is 15.8 Å². The molecular formula is C5H8N4OS2. The van der Waals surface area contributed by atoms with Crippen molar-refractivity contribution in [2.45, 2.75) is 10.8 Å². The summed E-state index contributed by atoms with van der Waals surface area (Å²) in [6.45, 7) is 0. The summed E-state index contributed by atoms with van der Waals surface area (Å²) in [7, 11) is 0. The van der Waals surface area contributed by atoms with E-state index in [-0.39, 0.29) is 5.84 Å². The first-order valence-electron chi connectivity index (χ1n) is 3.19. The summed E-state index contributed by atoms with van der Waals surface area (Å²) in [6.07, 6.45) is 2.07. The first kappa shape index (κ1) is 9.27. The maximum Gasteiger partial charge on any atom is 0.169 e. The monoisotopic (exact) mass is 204 g/mol. The highest BCUT2D eigenvalue weighted by molar-refractivity contribution is 8.00. The molecule has 0 amide bonds. The lowest BCUT2D eigenvalue weighted by molar-refractivity contribution is 0.317. The summed E-state index contributed by atoms with van der Waals surface area (Å²) in [5.74, 6) is 0.998. The molecule has 5 nitrogen and oxygen atoms in total. The molecule has 7 heteroatoms. The number of nitrogens with two attached hydrogens (primary N) is 1. The molecule has 1 rings (SSSR count). The Morgan fingerprint density at radius 3 is 3.25 bits per heavy atom. The lowest BCUT2D eigenvalue weighted by Gasteiger charge is -1.94. The van der Waals surface area contributed by atoms with Crippen LogP contribution in [0.2, 0.25) is 0 Å². The third kappa shape index (κ3) is 3.05. The van der Waals surface area contributed by atoms with E-state index in [0.717, 1.165) is 10.1 Å². The molecular weight excluding hydrogens is 196 g/mol. The van der Waals surface area contributed by atoms with E-state index in [9.17, 15) is 0 Å². The number of oxime groups is 1. The third-order valence-electron chi connectivity index (χ3n) is 1.05. The maximum absolute atomic E-state index is 8.22. The predicted octanol–water partition coefficient (Wildman–Crippen LogP) is 0.767. The molecule has 0 aliphatic rings. The van der Waals surface area contributed by atoms with Gasteiger partial charge in [0.05, 0.1) is 0 Å². The van der Waals surface area contributed by atoms with Gasteiger partial charge < -0.3 is 10.9 Å². The molecule has 0 saturated heterocycles. The summed E-state index contributed by atoms with van der Waals surface area (Å²) in [5, 5.41) is 11.1. The Hall–Kier alpha value is -0.820. The minimum Gasteiger partial charge on any atom is -0.409 e. The van der Waals surface area contributed by atoms with Gasteiger partial charge in [-0.2, -0.15) is 4.37 Å². The zero-order chi connectivity index (χ0) is 8.81. The van der Waals surface area contributed by atoms with Crippen LogP contribution in [0.4, 0.5) is 0 Å². The number of nitrogens with zero attached hydrogens (tertiary/aromatic N) is 3. The number of thioether (sulfide) groups is 1. The molecule has 66 valence electrons. The SMILES string of the molecule is NC(CCSc1ncns1)=NO. The van der Waals surface area contributed by atoms with Gasteiger partial charge in [0.25, 0.3) is 0 Å². The van der Waals surface area contributed by atoms with Crippen molar-refractivity contribution in [3.63, 3.8) is 0 Å². The number of aromatic nitrogens is 2. The van der Waals surface area contributed by atoms with Crippen LogP contribution in [0.25, 0.3) is 0 Å². The van der Waals surface area contributed by atoms with Gasteiger partial charge in [0, 0.05) is 12.2 Å². The van der Waals surface area contributed by atoms with E-state index in [1.165, 1.54) is 17.9 Å². The molecule has 1 heterocycles. The standard InChI is InChI=1S/C5H8N4OS2/c6-4(9-10)1-2-11-5-7-3-8-12-5/h3,10H,1-2H2,(H2,6,9). The van der Waals surface area contributed by atoms with Gasteiger partial charge in [0.2, 0.25) is 0 Å². The molecule has 0 atom stereocenters. The van der Waals surface area contributed by atoms with Gasteiger partial charge in [-0.3, -0.25) is 0 Å². The molecule has 12 heavy (non-hydrogen) atoms. The fourth-order valence-corrected chi connectivity index (χ4v) is 2.00. The van der Waals surface area contributed by atoms with Crippen molar-refractivity contribution in [1.82, 2.24) is 9.36 Å². The second-order valence-corrected chi connectivity index (χ2v) is 4.02. The Bertz CT molecular complexity index is 248. The average molecular weight is 204 g/mol. The summed E-state index contributed by atoms with van der Waals surface area (Å²) < 4.78 is 4.74. The lowest BCUT2D eigenvalue weighted by atomic mass is 10.5. The highest BCUT2D eigenvalue weighted by atomic mass is 32.2. The van der Waals surface area contributed by atoms with Gasteiger partial charge in [-0.1, -0.05) is 16.9 Å². The van der Waals surface area contributed by atoms with Crippen LogP contribution in [-0.4, -0.2) is 26.2 Å². The maximum atomic E-state index is 8.22. The van der Waals surface area contributed by atoms with Crippen molar-refractivity contribution in [3.8, 4) is 0 Å². The molecule has 0 aliphatic carbocycles. The van der Waals surface area contributed by atoms with Crippen LogP contribution in [0.5, 0.6) is 0 Å². The van der Waals surface area contributed by atoms with Gasteiger partial charge in [-0.25, -0.2) is 4.98 Å². The average Bonchev–Trinajstić information content (AvgIpc) is 2.57. The Balaban J connectivity index is 2.19. The first-order chi connectivity index (χ1) is 5.83. The Labute approximate surface area is 77.9 Å². The molecule has 0 unspecified atom stereocenters. The summed E-state index contributed by atoms with van der Waals surface area (Å²) in [5.41, 5.74) is 5.27. The fourth-order valence-electron chi connectivity index (χ4n) is 0.519. The van der Waals surface area contributed by atoms with E-state index < -0.39 is 0 Å². The van der Waals surface area contributed by atoms with Gasteiger partial charge in [-0.15, -0.1) is 0 Å². The number of amidine groups is 1. The van der Waals surface area contributed by atoms with E-state index in [2.05, 4.69) is 14.5 Å². The largest absolute Gasteiger partial charge is 0.409 e. The molecule has 1 aromatic rings. The van der Waals surface area contributed by atoms with Crippen LogP contribution in [0.1, 0.15) is 6.42 Å². The second kappa shape index (κ2) is 4.94. The van der Waals surface area contributed by atoms with Crippen LogP contribution >= 0.6 is 23.3 Å². The highest BCUT2D eigenvalue weighted by Crippen LogP contribution is 2.18. The smallest absolute Gasteiger partial charge is 0.169 e. The number of rotatable bonds is 4. The predicted molar refractivity (Wildman–Crippen MR) is 48.7 cm³/mol. The van der Waals surface area contributed by atoms with Crippen LogP contribution in [0.3, 0.4) is 0 Å². The molecule has 3 N–H and O–H groups in total.